The standard InChI is InChI=1S/C20H24BrFN4O.HI/c1-14-7-8-16(21)13-18(14)26-19(27)10-12-25-20(23-2)24-11-9-15-5-3-4-6-17(15)22;/h3-8,13H,9-12H2,1-2H3,(H,26,27)(H2,23,24,25);1H. The van der Waals surface area contributed by atoms with Crippen molar-refractivity contribution in [1.29, 1.82) is 0 Å². The lowest BCUT2D eigenvalue weighted by Gasteiger charge is -2.13. The van der Waals surface area contributed by atoms with Crippen LogP contribution in [-0.4, -0.2) is 32.0 Å². The molecule has 8 heteroatoms. The summed E-state index contributed by atoms with van der Waals surface area (Å²) in [5.74, 6) is 0.296. The minimum atomic E-state index is -0.207. The molecule has 3 N–H and O–H groups in total. The van der Waals surface area contributed by atoms with Crippen LogP contribution < -0.4 is 16.0 Å². The highest BCUT2D eigenvalue weighted by Gasteiger charge is 2.06. The SMILES string of the molecule is CN=C(NCCC(=O)Nc1cc(Br)ccc1C)NCCc1ccccc1F.I. The van der Waals surface area contributed by atoms with E-state index in [0.717, 1.165) is 15.7 Å². The maximum absolute atomic E-state index is 13.6. The molecule has 0 saturated heterocycles. The summed E-state index contributed by atoms with van der Waals surface area (Å²) in [4.78, 5) is 16.2. The molecule has 28 heavy (non-hydrogen) atoms. The van der Waals surface area contributed by atoms with E-state index in [1.54, 1.807) is 19.2 Å². The molecule has 0 fully saturated rings. The second kappa shape index (κ2) is 12.7. The zero-order chi connectivity index (χ0) is 19.6. The van der Waals surface area contributed by atoms with E-state index in [2.05, 4.69) is 36.9 Å². The van der Waals surface area contributed by atoms with Gasteiger partial charge in [-0.05, 0) is 42.7 Å². The molecule has 1 amide bonds. The molecule has 2 aromatic carbocycles. The first-order valence-corrected chi connectivity index (χ1v) is 9.53. The molecule has 0 aliphatic heterocycles. The summed E-state index contributed by atoms with van der Waals surface area (Å²) in [5, 5.41) is 9.11. The zero-order valence-electron chi connectivity index (χ0n) is 15.9. The molecule has 0 atom stereocenters. The molecular weight excluding hydrogens is 538 g/mol. The number of benzene rings is 2. The summed E-state index contributed by atoms with van der Waals surface area (Å²) < 4.78 is 14.5. The average molecular weight is 563 g/mol. The van der Waals surface area contributed by atoms with Crippen molar-refractivity contribution in [2.75, 3.05) is 25.5 Å². The number of nitrogens with zero attached hydrogens (tertiary/aromatic N) is 1. The Morgan fingerprint density at radius 2 is 1.86 bits per heavy atom. The van der Waals surface area contributed by atoms with Crippen LogP contribution in [0.5, 0.6) is 0 Å². The highest BCUT2D eigenvalue weighted by molar-refractivity contribution is 14.0. The average Bonchev–Trinajstić information content (AvgIpc) is 2.65. The molecule has 5 nitrogen and oxygen atoms in total. The predicted octanol–water partition coefficient (Wildman–Crippen LogP) is 4.25. The lowest BCUT2D eigenvalue weighted by Crippen LogP contribution is -2.39. The molecule has 0 bridgehead atoms. The lowest BCUT2D eigenvalue weighted by molar-refractivity contribution is -0.116. The molecule has 0 unspecified atom stereocenters. The minimum Gasteiger partial charge on any atom is -0.356 e. The van der Waals surface area contributed by atoms with Crippen LogP contribution in [-0.2, 0) is 11.2 Å². The van der Waals surface area contributed by atoms with E-state index in [4.69, 9.17) is 0 Å². The fourth-order valence-corrected chi connectivity index (χ4v) is 2.83. The fourth-order valence-electron chi connectivity index (χ4n) is 2.47. The Morgan fingerprint density at radius 3 is 2.57 bits per heavy atom. The van der Waals surface area contributed by atoms with Crippen molar-refractivity contribution in [2.45, 2.75) is 19.8 Å². The largest absolute Gasteiger partial charge is 0.356 e. The van der Waals surface area contributed by atoms with Crippen molar-refractivity contribution in [3.8, 4) is 0 Å². The van der Waals surface area contributed by atoms with Crippen LogP contribution in [0, 0.1) is 12.7 Å². The van der Waals surface area contributed by atoms with Crippen molar-refractivity contribution in [3.05, 3.63) is 63.9 Å². The first-order chi connectivity index (χ1) is 13.0. The molecule has 0 saturated carbocycles. The number of guanidine groups is 1. The van der Waals surface area contributed by atoms with Gasteiger partial charge in [0.05, 0.1) is 0 Å². The Labute approximate surface area is 190 Å². The number of aliphatic imine (C=N–C) groups is 1. The Bertz CT molecular complexity index is 817. The second-order valence-corrected chi connectivity index (χ2v) is 6.94. The summed E-state index contributed by atoms with van der Waals surface area (Å²) in [6.07, 6.45) is 0.857. The Kier molecular flexibility index (Phi) is 11.1. The third kappa shape index (κ3) is 8.14. The van der Waals surface area contributed by atoms with Crippen molar-refractivity contribution in [1.82, 2.24) is 10.6 Å². The molecular formula is C20H25BrFIN4O. The highest BCUT2D eigenvalue weighted by atomic mass is 127. The molecule has 0 aromatic heterocycles. The van der Waals surface area contributed by atoms with Gasteiger partial charge >= 0.3 is 0 Å². The summed E-state index contributed by atoms with van der Waals surface area (Å²) in [6, 6.07) is 12.5. The molecule has 2 rings (SSSR count). The lowest BCUT2D eigenvalue weighted by atomic mass is 10.1. The Balaban J connectivity index is 0.00000392. The van der Waals surface area contributed by atoms with Gasteiger partial charge in [-0.15, -0.1) is 24.0 Å². The van der Waals surface area contributed by atoms with Crippen LogP contribution in [0.1, 0.15) is 17.5 Å². The van der Waals surface area contributed by atoms with Gasteiger partial charge < -0.3 is 16.0 Å². The normalized spacial score (nSPS) is 10.8. The quantitative estimate of drug-likeness (QED) is 0.268. The Hall–Kier alpha value is -1.68. The number of hydrogen-bond donors (Lipinski definition) is 3. The van der Waals surface area contributed by atoms with E-state index in [1.807, 2.05) is 31.2 Å². The molecule has 0 heterocycles. The summed E-state index contributed by atoms with van der Waals surface area (Å²) in [7, 11) is 1.66. The topological polar surface area (TPSA) is 65.5 Å². The minimum absolute atomic E-state index is 0. The number of carbonyl (C=O) groups is 1. The van der Waals surface area contributed by atoms with Crippen molar-refractivity contribution in [2.24, 2.45) is 4.99 Å². The fraction of sp³-hybridized carbons (Fsp3) is 0.300. The van der Waals surface area contributed by atoms with Crippen LogP contribution in [0.2, 0.25) is 0 Å². The van der Waals surface area contributed by atoms with Gasteiger partial charge in [-0.25, -0.2) is 4.39 Å². The first-order valence-electron chi connectivity index (χ1n) is 8.73. The molecule has 0 aliphatic rings. The maximum Gasteiger partial charge on any atom is 0.226 e. The number of carbonyl (C=O) groups excluding carboxylic acids is 1. The van der Waals surface area contributed by atoms with E-state index in [0.29, 0.717) is 37.5 Å². The van der Waals surface area contributed by atoms with E-state index in [1.165, 1.54) is 6.07 Å². The Morgan fingerprint density at radius 1 is 1.14 bits per heavy atom. The monoisotopic (exact) mass is 562 g/mol. The number of amides is 1. The van der Waals surface area contributed by atoms with Crippen LogP contribution in [0.4, 0.5) is 10.1 Å². The van der Waals surface area contributed by atoms with Gasteiger partial charge in [0.25, 0.3) is 0 Å². The second-order valence-electron chi connectivity index (χ2n) is 6.02. The number of aryl methyl sites for hydroxylation is 1. The number of nitrogens with one attached hydrogen (secondary N) is 3. The number of hydrogen-bond acceptors (Lipinski definition) is 2. The van der Waals surface area contributed by atoms with Crippen LogP contribution in [0.3, 0.4) is 0 Å². The van der Waals surface area contributed by atoms with Gasteiger partial charge in [0, 0.05) is 36.7 Å². The summed E-state index contributed by atoms with van der Waals surface area (Å²) in [6.45, 7) is 2.93. The maximum atomic E-state index is 13.6. The molecule has 0 spiro atoms. The van der Waals surface area contributed by atoms with Crippen molar-refractivity contribution < 1.29 is 9.18 Å². The first kappa shape index (κ1) is 24.4. The van der Waals surface area contributed by atoms with Gasteiger partial charge in [0.1, 0.15) is 5.82 Å². The van der Waals surface area contributed by atoms with E-state index < -0.39 is 0 Å². The summed E-state index contributed by atoms with van der Waals surface area (Å²) in [5.41, 5.74) is 2.45. The van der Waals surface area contributed by atoms with Crippen molar-refractivity contribution >= 4 is 57.5 Å². The number of rotatable bonds is 7. The molecule has 0 radical (unpaired) electrons. The van der Waals surface area contributed by atoms with Crippen LogP contribution in [0.25, 0.3) is 0 Å². The highest BCUT2D eigenvalue weighted by Crippen LogP contribution is 2.20. The summed E-state index contributed by atoms with van der Waals surface area (Å²) >= 11 is 3.40. The zero-order valence-corrected chi connectivity index (χ0v) is 19.8. The number of halogens is 3. The van der Waals surface area contributed by atoms with Gasteiger partial charge in [-0.3, -0.25) is 9.79 Å². The number of anilines is 1. The van der Waals surface area contributed by atoms with Gasteiger partial charge in [0.15, 0.2) is 5.96 Å². The van der Waals surface area contributed by atoms with E-state index in [9.17, 15) is 9.18 Å². The van der Waals surface area contributed by atoms with E-state index >= 15 is 0 Å². The van der Waals surface area contributed by atoms with Gasteiger partial charge in [-0.1, -0.05) is 40.2 Å². The van der Waals surface area contributed by atoms with Crippen LogP contribution in [0.15, 0.2) is 51.9 Å². The molecule has 152 valence electrons. The third-order valence-electron chi connectivity index (χ3n) is 3.99. The van der Waals surface area contributed by atoms with Gasteiger partial charge in [0.2, 0.25) is 5.91 Å². The van der Waals surface area contributed by atoms with Gasteiger partial charge in [-0.2, -0.15) is 0 Å². The van der Waals surface area contributed by atoms with E-state index in [-0.39, 0.29) is 35.7 Å². The third-order valence-corrected chi connectivity index (χ3v) is 4.48. The smallest absolute Gasteiger partial charge is 0.226 e. The van der Waals surface area contributed by atoms with Crippen molar-refractivity contribution in [3.63, 3.8) is 0 Å². The van der Waals surface area contributed by atoms with Crippen LogP contribution >= 0.6 is 39.9 Å². The molecule has 2 aromatic rings. The predicted molar refractivity (Wildman–Crippen MR) is 127 cm³/mol. The molecule has 0 aliphatic carbocycles.